The smallest absolute Gasteiger partial charge is 0.321 e. The molecule has 3 rings (SSSR count). The molecule has 3 amide bonds. The second-order valence-electron chi connectivity index (χ2n) is 7.53. The zero-order valence-electron chi connectivity index (χ0n) is 16.8. The number of carbonyl (C=O) groups excluding carboxylic acids is 2. The minimum atomic E-state index is -0.528. The van der Waals surface area contributed by atoms with Gasteiger partial charge in [0, 0.05) is 21.8 Å². The van der Waals surface area contributed by atoms with E-state index in [1.807, 2.05) is 67.8 Å². The molecule has 0 saturated carbocycles. The largest absolute Gasteiger partial charge is 0.333 e. The maximum absolute atomic E-state index is 12.2. The molecule has 2 N–H and O–H groups in total. The summed E-state index contributed by atoms with van der Waals surface area (Å²) in [5.41, 5.74) is 1.27. The maximum Gasteiger partial charge on any atom is 0.321 e. The first kappa shape index (κ1) is 21.9. The van der Waals surface area contributed by atoms with Crippen LogP contribution in [0.4, 0.5) is 4.79 Å². The molecular formula is C21H22ClN5O2S. The molecule has 0 bridgehead atoms. The number of carbonyl (C=O) groups is 2. The Bertz CT molecular complexity index is 1030. The van der Waals surface area contributed by atoms with E-state index >= 15 is 0 Å². The number of rotatable bonds is 5. The van der Waals surface area contributed by atoms with Gasteiger partial charge < -0.3 is 5.32 Å². The first-order chi connectivity index (χ1) is 14.2. The standard InChI is InChI=1S/C21H22ClN5O2S/c1-21(2,3)24-19(29)23-17(28)13-30-20-26-25-18(14-9-11-15(22)12-10-14)27(20)16-7-5-4-6-8-16/h4-12H,13H2,1-3H3,(H2,23,24,28,29). The molecule has 1 aromatic heterocycles. The zero-order valence-corrected chi connectivity index (χ0v) is 18.4. The summed E-state index contributed by atoms with van der Waals surface area (Å²) in [6.45, 7) is 5.52. The number of amides is 3. The summed E-state index contributed by atoms with van der Waals surface area (Å²) in [7, 11) is 0. The Morgan fingerprint density at radius 2 is 1.70 bits per heavy atom. The van der Waals surface area contributed by atoms with Gasteiger partial charge in [-0.15, -0.1) is 10.2 Å². The maximum atomic E-state index is 12.2. The highest BCUT2D eigenvalue weighted by atomic mass is 35.5. The van der Waals surface area contributed by atoms with Crippen LogP contribution in [0.1, 0.15) is 20.8 Å². The van der Waals surface area contributed by atoms with Crippen LogP contribution in [-0.4, -0.2) is 38.0 Å². The molecule has 2 aromatic carbocycles. The number of hydrogen-bond donors (Lipinski definition) is 2. The quantitative estimate of drug-likeness (QED) is 0.574. The highest BCUT2D eigenvalue weighted by Gasteiger charge is 2.19. The molecule has 0 unspecified atom stereocenters. The van der Waals surface area contributed by atoms with Gasteiger partial charge in [0.2, 0.25) is 5.91 Å². The molecule has 0 radical (unpaired) electrons. The lowest BCUT2D eigenvalue weighted by Crippen LogP contribution is -2.48. The molecule has 0 spiro atoms. The van der Waals surface area contributed by atoms with Crippen LogP contribution in [-0.2, 0) is 4.79 Å². The van der Waals surface area contributed by atoms with Crippen LogP contribution in [0.25, 0.3) is 17.1 Å². The molecule has 0 aliphatic rings. The highest BCUT2D eigenvalue weighted by Crippen LogP contribution is 2.28. The van der Waals surface area contributed by atoms with Gasteiger partial charge in [-0.05, 0) is 57.2 Å². The first-order valence-corrected chi connectivity index (χ1v) is 10.6. The summed E-state index contributed by atoms with van der Waals surface area (Å²) in [4.78, 5) is 24.1. The minimum Gasteiger partial charge on any atom is -0.333 e. The fourth-order valence-corrected chi connectivity index (χ4v) is 3.50. The van der Waals surface area contributed by atoms with E-state index in [0.717, 1.165) is 11.3 Å². The number of urea groups is 1. The number of para-hydroxylation sites is 1. The van der Waals surface area contributed by atoms with Crippen LogP contribution in [0.15, 0.2) is 59.8 Å². The number of hydrogen-bond acceptors (Lipinski definition) is 5. The number of nitrogens with one attached hydrogen (secondary N) is 2. The van der Waals surface area contributed by atoms with E-state index in [0.29, 0.717) is 16.0 Å². The molecule has 1 heterocycles. The van der Waals surface area contributed by atoms with Crippen molar-refractivity contribution in [2.45, 2.75) is 31.5 Å². The van der Waals surface area contributed by atoms with Crippen molar-refractivity contribution in [1.82, 2.24) is 25.4 Å². The summed E-state index contributed by atoms with van der Waals surface area (Å²) >= 11 is 7.20. The highest BCUT2D eigenvalue weighted by molar-refractivity contribution is 7.99. The van der Waals surface area contributed by atoms with Gasteiger partial charge in [-0.2, -0.15) is 0 Å². The Kier molecular flexibility index (Phi) is 6.79. The molecule has 3 aromatic rings. The summed E-state index contributed by atoms with van der Waals surface area (Å²) in [5.74, 6) is 0.229. The van der Waals surface area contributed by atoms with E-state index in [-0.39, 0.29) is 5.75 Å². The van der Waals surface area contributed by atoms with Crippen molar-refractivity contribution >= 4 is 35.3 Å². The van der Waals surface area contributed by atoms with Gasteiger partial charge in [0.25, 0.3) is 0 Å². The van der Waals surface area contributed by atoms with Crippen LogP contribution < -0.4 is 10.6 Å². The summed E-state index contributed by atoms with van der Waals surface area (Å²) in [5, 5.41) is 14.8. The number of benzene rings is 2. The molecule has 0 atom stereocenters. The number of aromatic nitrogens is 3. The third-order valence-electron chi connectivity index (χ3n) is 3.82. The van der Waals surface area contributed by atoms with Crippen LogP contribution in [0.3, 0.4) is 0 Å². The molecule has 0 aliphatic carbocycles. The normalized spacial score (nSPS) is 11.2. The van der Waals surface area contributed by atoms with Gasteiger partial charge in [-0.1, -0.05) is 41.6 Å². The van der Waals surface area contributed by atoms with E-state index in [1.165, 1.54) is 11.8 Å². The van der Waals surface area contributed by atoms with E-state index in [9.17, 15) is 9.59 Å². The van der Waals surface area contributed by atoms with Crippen molar-refractivity contribution in [3.8, 4) is 17.1 Å². The SMILES string of the molecule is CC(C)(C)NC(=O)NC(=O)CSc1nnc(-c2ccc(Cl)cc2)n1-c1ccccc1. The number of thioether (sulfide) groups is 1. The average Bonchev–Trinajstić information content (AvgIpc) is 3.10. The Morgan fingerprint density at radius 1 is 1.03 bits per heavy atom. The third-order valence-corrected chi connectivity index (χ3v) is 5.00. The molecule has 9 heteroatoms. The molecule has 0 saturated heterocycles. The molecular weight excluding hydrogens is 422 g/mol. The second kappa shape index (κ2) is 9.32. The molecule has 0 fully saturated rings. The monoisotopic (exact) mass is 443 g/mol. The second-order valence-corrected chi connectivity index (χ2v) is 8.90. The van der Waals surface area contributed by atoms with Crippen LogP contribution in [0.2, 0.25) is 5.02 Å². The summed E-state index contributed by atoms with van der Waals surface area (Å²) in [6, 6.07) is 16.4. The number of halogens is 1. The third kappa shape index (κ3) is 5.84. The zero-order chi connectivity index (χ0) is 21.7. The van der Waals surface area contributed by atoms with E-state index in [1.54, 1.807) is 12.1 Å². The fourth-order valence-electron chi connectivity index (χ4n) is 2.62. The number of nitrogens with zero attached hydrogens (tertiary/aromatic N) is 3. The van der Waals surface area contributed by atoms with Crippen molar-refractivity contribution in [1.29, 1.82) is 0 Å². The van der Waals surface area contributed by atoms with Crippen molar-refractivity contribution in [3.05, 3.63) is 59.6 Å². The molecule has 0 aliphatic heterocycles. The lowest BCUT2D eigenvalue weighted by Gasteiger charge is -2.20. The minimum absolute atomic E-state index is 0.0170. The predicted octanol–water partition coefficient (Wildman–Crippen LogP) is 4.30. The molecule has 30 heavy (non-hydrogen) atoms. The predicted molar refractivity (Wildman–Crippen MR) is 119 cm³/mol. The van der Waals surface area contributed by atoms with Crippen LogP contribution in [0.5, 0.6) is 0 Å². The van der Waals surface area contributed by atoms with Gasteiger partial charge in [0.05, 0.1) is 5.75 Å². The van der Waals surface area contributed by atoms with E-state index in [4.69, 9.17) is 11.6 Å². The Hall–Kier alpha value is -2.84. The van der Waals surface area contributed by atoms with Crippen molar-refractivity contribution in [2.24, 2.45) is 0 Å². The van der Waals surface area contributed by atoms with Gasteiger partial charge in [0.15, 0.2) is 11.0 Å². The topological polar surface area (TPSA) is 88.9 Å². The first-order valence-electron chi connectivity index (χ1n) is 9.24. The summed E-state index contributed by atoms with van der Waals surface area (Å²) in [6.07, 6.45) is 0. The molecule has 7 nitrogen and oxygen atoms in total. The van der Waals surface area contributed by atoms with Crippen LogP contribution >= 0.6 is 23.4 Å². The Balaban J connectivity index is 1.81. The lowest BCUT2D eigenvalue weighted by atomic mass is 10.1. The lowest BCUT2D eigenvalue weighted by molar-refractivity contribution is -0.117. The Morgan fingerprint density at radius 3 is 2.33 bits per heavy atom. The van der Waals surface area contributed by atoms with Gasteiger partial charge in [-0.3, -0.25) is 14.7 Å². The molecule has 156 valence electrons. The summed E-state index contributed by atoms with van der Waals surface area (Å²) < 4.78 is 1.87. The van der Waals surface area contributed by atoms with Gasteiger partial charge >= 0.3 is 6.03 Å². The van der Waals surface area contributed by atoms with Crippen molar-refractivity contribution in [3.63, 3.8) is 0 Å². The van der Waals surface area contributed by atoms with Crippen molar-refractivity contribution < 1.29 is 9.59 Å². The van der Waals surface area contributed by atoms with Gasteiger partial charge in [0.1, 0.15) is 0 Å². The van der Waals surface area contributed by atoms with Crippen LogP contribution in [0, 0.1) is 0 Å². The fraction of sp³-hybridized carbons (Fsp3) is 0.238. The average molecular weight is 444 g/mol. The van der Waals surface area contributed by atoms with Crippen molar-refractivity contribution in [2.75, 3.05) is 5.75 Å². The Labute approximate surface area is 184 Å². The number of imide groups is 1. The van der Waals surface area contributed by atoms with Gasteiger partial charge in [-0.25, -0.2) is 4.79 Å². The van der Waals surface area contributed by atoms with E-state index < -0.39 is 17.5 Å². The van der Waals surface area contributed by atoms with E-state index in [2.05, 4.69) is 20.8 Å².